The fourth-order valence-corrected chi connectivity index (χ4v) is 2.35. The Morgan fingerprint density at radius 1 is 1.41 bits per heavy atom. The number of carbonyl (C=O) groups excluding carboxylic acids is 1. The first-order valence-electron chi connectivity index (χ1n) is 5.79. The number of benzene rings is 1. The molecule has 0 aliphatic carbocycles. The van der Waals surface area contributed by atoms with Gasteiger partial charge in [0.2, 0.25) is 0 Å². The summed E-state index contributed by atoms with van der Waals surface area (Å²) in [6, 6.07) is 7.75. The third-order valence-corrected chi connectivity index (χ3v) is 3.27. The lowest BCUT2D eigenvalue weighted by molar-refractivity contribution is 0.0767. The van der Waals surface area contributed by atoms with Crippen molar-refractivity contribution in [2.75, 3.05) is 13.1 Å². The van der Waals surface area contributed by atoms with Crippen molar-refractivity contribution >= 4 is 16.8 Å². The fourth-order valence-electron chi connectivity index (χ4n) is 2.35. The van der Waals surface area contributed by atoms with Crippen LogP contribution >= 0.6 is 0 Å². The van der Waals surface area contributed by atoms with Crippen molar-refractivity contribution in [2.45, 2.75) is 12.5 Å². The average molecular weight is 230 g/mol. The zero-order chi connectivity index (χ0) is 11.8. The number of amides is 1. The lowest BCUT2D eigenvalue weighted by Crippen LogP contribution is -2.29. The van der Waals surface area contributed by atoms with Crippen LogP contribution in [0.15, 0.2) is 30.5 Å². The molecule has 17 heavy (non-hydrogen) atoms. The van der Waals surface area contributed by atoms with E-state index >= 15 is 0 Å². The summed E-state index contributed by atoms with van der Waals surface area (Å²) in [4.78, 5) is 17.1. The summed E-state index contributed by atoms with van der Waals surface area (Å²) in [6.45, 7) is 1.08. The Morgan fingerprint density at radius 2 is 2.24 bits per heavy atom. The number of rotatable bonds is 1. The van der Waals surface area contributed by atoms with Crippen LogP contribution in [0.5, 0.6) is 0 Å². The van der Waals surface area contributed by atoms with E-state index < -0.39 is 0 Å². The molecule has 1 aromatic carbocycles. The third kappa shape index (κ3) is 1.70. The van der Waals surface area contributed by atoms with Gasteiger partial charge in [0.25, 0.3) is 5.91 Å². The largest absolute Gasteiger partial charge is 0.391 e. The predicted molar refractivity (Wildman–Crippen MR) is 64.8 cm³/mol. The molecule has 0 spiro atoms. The van der Waals surface area contributed by atoms with E-state index in [4.69, 9.17) is 0 Å². The first-order chi connectivity index (χ1) is 8.25. The topological polar surface area (TPSA) is 56.3 Å². The van der Waals surface area contributed by atoms with E-state index in [1.165, 1.54) is 0 Å². The number of hydrogen-bond donors (Lipinski definition) is 2. The number of nitrogens with one attached hydrogen (secondary N) is 1. The second-order valence-electron chi connectivity index (χ2n) is 4.44. The smallest absolute Gasteiger partial charge is 0.256 e. The minimum atomic E-state index is -0.371. The summed E-state index contributed by atoms with van der Waals surface area (Å²) in [6.07, 6.45) is 2.05. The molecule has 1 amide bonds. The standard InChI is InChI=1S/C13H14N2O2/c16-9-5-6-15(8-9)13(17)11-7-14-12-4-2-1-3-10(11)12/h1-4,7,9,14,16H,5-6,8H2/t9-/m0/s1. The minimum absolute atomic E-state index is 0.000926. The summed E-state index contributed by atoms with van der Waals surface area (Å²) in [7, 11) is 0. The number of fused-ring (bicyclic) bond motifs is 1. The Kier molecular flexibility index (Phi) is 2.37. The quantitative estimate of drug-likeness (QED) is 0.777. The molecule has 4 heteroatoms. The number of H-pyrrole nitrogens is 1. The molecule has 1 aromatic heterocycles. The van der Waals surface area contributed by atoms with Gasteiger partial charge in [0.15, 0.2) is 0 Å². The molecule has 0 unspecified atom stereocenters. The van der Waals surface area contributed by atoms with Gasteiger partial charge in [-0.15, -0.1) is 0 Å². The molecule has 2 heterocycles. The number of aliphatic hydroxyl groups is 1. The number of para-hydroxylation sites is 1. The molecule has 1 aliphatic rings. The third-order valence-electron chi connectivity index (χ3n) is 3.27. The molecule has 0 bridgehead atoms. The molecular weight excluding hydrogens is 216 g/mol. The van der Waals surface area contributed by atoms with Crippen molar-refractivity contribution in [3.05, 3.63) is 36.0 Å². The van der Waals surface area contributed by atoms with Gasteiger partial charge in [-0.2, -0.15) is 0 Å². The number of β-amino-alcohol motifs (C(OH)–C–C–N with tert-alkyl or cyclic N) is 1. The predicted octanol–water partition coefficient (Wildman–Crippen LogP) is 1.37. The van der Waals surface area contributed by atoms with E-state index in [0.29, 0.717) is 25.1 Å². The van der Waals surface area contributed by atoms with Crippen molar-refractivity contribution in [3.63, 3.8) is 0 Å². The number of likely N-dealkylation sites (tertiary alicyclic amines) is 1. The van der Waals surface area contributed by atoms with Crippen LogP contribution in [0, 0.1) is 0 Å². The molecule has 0 saturated carbocycles. The van der Waals surface area contributed by atoms with Crippen molar-refractivity contribution < 1.29 is 9.90 Å². The highest BCUT2D eigenvalue weighted by Gasteiger charge is 2.26. The highest BCUT2D eigenvalue weighted by atomic mass is 16.3. The van der Waals surface area contributed by atoms with Gasteiger partial charge in [-0.25, -0.2) is 0 Å². The summed E-state index contributed by atoms with van der Waals surface area (Å²) in [5.41, 5.74) is 1.66. The van der Waals surface area contributed by atoms with Crippen LogP contribution < -0.4 is 0 Å². The second kappa shape index (κ2) is 3.89. The zero-order valence-corrected chi connectivity index (χ0v) is 9.39. The second-order valence-corrected chi connectivity index (χ2v) is 4.44. The maximum Gasteiger partial charge on any atom is 0.256 e. The molecule has 1 atom stereocenters. The summed E-state index contributed by atoms with van der Waals surface area (Å²) < 4.78 is 0. The molecular formula is C13H14N2O2. The zero-order valence-electron chi connectivity index (χ0n) is 9.39. The maximum absolute atomic E-state index is 12.3. The van der Waals surface area contributed by atoms with Crippen LogP contribution in [0.3, 0.4) is 0 Å². The van der Waals surface area contributed by atoms with E-state index in [1.807, 2.05) is 24.3 Å². The molecule has 88 valence electrons. The van der Waals surface area contributed by atoms with E-state index in [0.717, 1.165) is 10.9 Å². The van der Waals surface area contributed by atoms with E-state index in [9.17, 15) is 9.90 Å². The number of aromatic amines is 1. The van der Waals surface area contributed by atoms with Crippen molar-refractivity contribution in [3.8, 4) is 0 Å². The summed E-state index contributed by atoms with van der Waals surface area (Å²) in [5.74, 6) is -0.000926. The van der Waals surface area contributed by atoms with Crippen LogP contribution in [-0.4, -0.2) is 40.1 Å². The SMILES string of the molecule is O=C(c1c[nH]c2ccccc12)N1CC[C@H](O)C1. The minimum Gasteiger partial charge on any atom is -0.391 e. The van der Waals surface area contributed by atoms with Gasteiger partial charge in [-0.1, -0.05) is 18.2 Å². The first kappa shape index (κ1) is 10.4. The van der Waals surface area contributed by atoms with Crippen LogP contribution in [0.25, 0.3) is 10.9 Å². The van der Waals surface area contributed by atoms with Gasteiger partial charge >= 0.3 is 0 Å². The molecule has 1 saturated heterocycles. The van der Waals surface area contributed by atoms with Crippen LogP contribution in [0.2, 0.25) is 0 Å². The molecule has 1 aliphatic heterocycles. The Bertz CT molecular complexity index is 561. The van der Waals surface area contributed by atoms with Crippen LogP contribution in [0.1, 0.15) is 16.8 Å². The Morgan fingerprint density at radius 3 is 3.00 bits per heavy atom. The van der Waals surface area contributed by atoms with Gasteiger partial charge in [0.1, 0.15) is 0 Å². The van der Waals surface area contributed by atoms with E-state index in [-0.39, 0.29) is 12.0 Å². The van der Waals surface area contributed by atoms with E-state index in [1.54, 1.807) is 11.1 Å². The van der Waals surface area contributed by atoms with Gasteiger partial charge in [-0.05, 0) is 12.5 Å². The number of nitrogens with zero attached hydrogens (tertiary/aromatic N) is 1. The van der Waals surface area contributed by atoms with Gasteiger partial charge in [0, 0.05) is 30.2 Å². The molecule has 1 fully saturated rings. The number of aromatic nitrogens is 1. The number of hydrogen-bond acceptors (Lipinski definition) is 2. The van der Waals surface area contributed by atoms with Gasteiger partial charge < -0.3 is 15.0 Å². The highest BCUT2D eigenvalue weighted by Crippen LogP contribution is 2.21. The lowest BCUT2D eigenvalue weighted by atomic mass is 10.1. The van der Waals surface area contributed by atoms with Crippen molar-refractivity contribution in [1.29, 1.82) is 0 Å². The lowest BCUT2D eigenvalue weighted by Gasteiger charge is -2.14. The van der Waals surface area contributed by atoms with Crippen LogP contribution in [0.4, 0.5) is 0 Å². The maximum atomic E-state index is 12.3. The molecule has 2 aromatic rings. The molecule has 4 nitrogen and oxygen atoms in total. The molecule has 3 rings (SSSR count). The number of aliphatic hydroxyl groups excluding tert-OH is 1. The molecule has 0 radical (unpaired) electrons. The van der Waals surface area contributed by atoms with Gasteiger partial charge in [0.05, 0.1) is 11.7 Å². The van der Waals surface area contributed by atoms with Crippen molar-refractivity contribution in [2.24, 2.45) is 0 Å². The first-order valence-corrected chi connectivity index (χ1v) is 5.79. The van der Waals surface area contributed by atoms with Gasteiger partial charge in [-0.3, -0.25) is 4.79 Å². The van der Waals surface area contributed by atoms with Crippen LogP contribution in [-0.2, 0) is 0 Å². The van der Waals surface area contributed by atoms with E-state index in [2.05, 4.69) is 4.98 Å². The Hall–Kier alpha value is -1.81. The normalized spacial score (nSPS) is 20.1. The Balaban J connectivity index is 1.96. The average Bonchev–Trinajstić information content (AvgIpc) is 2.94. The summed E-state index contributed by atoms with van der Waals surface area (Å²) >= 11 is 0. The Labute approximate surface area is 98.9 Å². The fraction of sp³-hybridized carbons (Fsp3) is 0.308. The molecule has 2 N–H and O–H groups in total. The highest BCUT2D eigenvalue weighted by molar-refractivity contribution is 6.06. The monoisotopic (exact) mass is 230 g/mol. The number of carbonyl (C=O) groups is 1. The summed E-state index contributed by atoms with van der Waals surface area (Å²) in [5, 5.41) is 10.4. The van der Waals surface area contributed by atoms with Crippen molar-refractivity contribution in [1.82, 2.24) is 9.88 Å².